The number of nitrogens with zero attached hydrogens (tertiary/aromatic N) is 3. The maximum atomic E-state index is 11.6. The molecule has 2 saturated heterocycles. The Balaban J connectivity index is 1.70. The van der Waals surface area contributed by atoms with Gasteiger partial charge in [-0.3, -0.25) is 14.7 Å². The van der Waals surface area contributed by atoms with Gasteiger partial charge in [-0.25, -0.2) is 0 Å². The lowest BCUT2D eigenvalue weighted by Gasteiger charge is -2.33. The summed E-state index contributed by atoms with van der Waals surface area (Å²) in [5, 5.41) is 3.46. The van der Waals surface area contributed by atoms with Gasteiger partial charge in [0.1, 0.15) is 0 Å². The van der Waals surface area contributed by atoms with Crippen molar-refractivity contribution in [1.82, 2.24) is 15.1 Å². The average molecular weight is 328 g/mol. The number of hydrogen-bond donors (Lipinski definition) is 1. The Morgan fingerprint density at radius 2 is 1.95 bits per heavy atom. The van der Waals surface area contributed by atoms with Gasteiger partial charge in [0.25, 0.3) is 0 Å². The van der Waals surface area contributed by atoms with E-state index in [1.807, 2.05) is 18.8 Å². The third kappa shape index (κ3) is 5.05. The van der Waals surface area contributed by atoms with Gasteiger partial charge in [0.2, 0.25) is 0 Å². The summed E-state index contributed by atoms with van der Waals surface area (Å²) in [5.74, 6) is 3.41. The van der Waals surface area contributed by atoms with E-state index < -0.39 is 0 Å². The molecule has 0 amide bonds. The molecule has 126 valence electrons. The molecule has 0 radical (unpaired) electrons. The number of thioether (sulfide) groups is 1. The van der Waals surface area contributed by atoms with E-state index in [0.29, 0.717) is 0 Å². The number of hydrogen-bond acceptors (Lipinski definition) is 5. The molecule has 2 rings (SSSR count). The molecule has 0 atom stereocenters. The first-order chi connectivity index (χ1) is 10.7. The highest BCUT2D eigenvalue weighted by Crippen LogP contribution is 2.18. The standard InChI is InChI=1S/C15H28N4O2S/c1-16-15(17-5-8-18-9-11-22-12-10-18)19-6-3-13(4-7-19)14(20)21-2/h13H,3-12H2,1-2H3,(H,16,17). The van der Waals surface area contributed by atoms with Crippen LogP contribution in [-0.2, 0) is 9.53 Å². The van der Waals surface area contributed by atoms with Crippen LogP contribution in [0.5, 0.6) is 0 Å². The van der Waals surface area contributed by atoms with Crippen molar-refractivity contribution in [2.45, 2.75) is 12.8 Å². The fourth-order valence-electron chi connectivity index (χ4n) is 2.98. The highest BCUT2D eigenvalue weighted by Gasteiger charge is 2.26. The molecule has 2 aliphatic rings. The maximum absolute atomic E-state index is 11.6. The largest absolute Gasteiger partial charge is 0.469 e. The summed E-state index contributed by atoms with van der Waals surface area (Å²) in [5.41, 5.74) is 0. The Bertz CT molecular complexity index is 378. The molecule has 2 fully saturated rings. The monoisotopic (exact) mass is 328 g/mol. The quantitative estimate of drug-likeness (QED) is 0.461. The second-order valence-corrected chi connectivity index (χ2v) is 6.94. The molecule has 0 unspecified atom stereocenters. The summed E-state index contributed by atoms with van der Waals surface area (Å²) in [7, 11) is 3.29. The molecule has 2 heterocycles. The number of piperidine rings is 1. The number of nitrogens with one attached hydrogen (secondary N) is 1. The van der Waals surface area contributed by atoms with Crippen molar-refractivity contribution in [3.8, 4) is 0 Å². The normalized spacial score (nSPS) is 21.7. The molecule has 6 nitrogen and oxygen atoms in total. The van der Waals surface area contributed by atoms with E-state index >= 15 is 0 Å². The Labute approximate surface area is 137 Å². The first-order valence-corrected chi connectivity index (χ1v) is 9.23. The smallest absolute Gasteiger partial charge is 0.308 e. The minimum absolute atomic E-state index is 0.0465. The highest BCUT2D eigenvalue weighted by atomic mass is 32.2. The minimum Gasteiger partial charge on any atom is -0.469 e. The lowest BCUT2D eigenvalue weighted by molar-refractivity contribution is -0.146. The Hall–Kier alpha value is -0.950. The summed E-state index contributed by atoms with van der Waals surface area (Å²) in [4.78, 5) is 20.7. The van der Waals surface area contributed by atoms with Gasteiger partial charge in [-0.2, -0.15) is 11.8 Å². The Kier molecular flexibility index (Phi) is 7.32. The number of guanidine groups is 1. The summed E-state index contributed by atoms with van der Waals surface area (Å²) < 4.78 is 4.83. The zero-order valence-corrected chi connectivity index (χ0v) is 14.5. The van der Waals surface area contributed by atoms with E-state index in [9.17, 15) is 4.79 Å². The molecule has 0 saturated carbocycles. The van der Waals surface area contributed by atoms with Crippen molar-refractivity contribution >= 4 is 23.7 Å². The predicted octanol–water partition coefficient (Wildman–Crippen LogP) is 0.496. The molecule has 7 heteroatoms. The second kappa shape index (κ2) is 9.25. The van der Waals surface area contributed by atoms with Gasteiger partial charge in [-0.05, 0) is 12.8 Å². The Morgan fingerprint density at radius 3 is 2.55 bits per heavy atom. The van der Waals surface area contributed by atoms with Crippen molar-refractivity contribution in [2.75, 3.05) is 64.9 Å². The second-order valence-electron chi connectivity index (χ2n) is 5.71. The van der Waals surface area contributed by atoms with Gasteiger partial charge in [-0.1, -0.05) is 0 Å². The lowest BCUT2D eigenvalue weighted by atomic mass is 9.97. The van der Waals surface area contributed by atoms with Crippen LogP contribution >= 0.6 is 11.8 Å². The van der Waals surface area contributed by atoms with Crippen molar-refractivity contribution < 1.29 is 9.53 Å². The van der Waals surface area contributed by atoms with Gasteiger partial charge >= 0.3 is 5.97 Å². The summed E-state index contributed by atoms with van der Waals surface area (Å²) in [6.45, 7) is 6.09. The maximum Gasteiger partial charge on any atom is 0.308 e. The minimum atomic E-state index is -0.0782. The average Bonchev–Trinajstić information content (AvgIpc) is 2.59. The van der Waals surface area contributed by atoms with Crippen LogP contribution in [0.4, 0.5) is 0 Å². The molecule has 2 aliphatic heterocycles. The van der Waals surface area contributed by atoms with Gasteiger partial charge < -0.3 is 15.0 Å². The van der Waals surface area contributed by atoms with Gasteiger partial charge in [0.05, 0.1) is 13.0 Å². The molecular weight excluding hydrogens is 300 g/mol. The number of carbonyl (C=O) groups excluding carboxylic acids is 1. The number of rotatable bonds is 4. The van der Waals surface area contributed by atoms with Crippen LogP contribution in [0.25, 0.3) is 0 Å². The zero-order chi connectivity index (χ0) is 15.8. The molecular formula is C15H28N4O2S. The number of esters is 1. The molecule has 0 aromatic carbocycles. The third-order valence-corrected chi connectivity index (χ3v) is 5.30. The van der Waals surface area contributed by atoms with Gasteiger partial charge in [-0.15, -0.1) is 0 Å². The highest BCUT2D eigenvalue weighted by molar-refractivity contribution is 7.99. The van der Waals surface area contributed by atoms with Crippen molar-refractivity contribution in [2.24, 2.45) is 10.9 Å². The van der Waals surface area contributed by atoms with Crippen LogP contribution in [-0.4, -0.2) is 86.7 Å². The van der Waals surface area contributed by atoms with Crippen LogP contribution in [0.2, 0.25) is 0 Å². The molecule has 0 aromatic heterocycles. The lowest BCUT2D eigenvalue weighted by Crippen LogP contribution is -2.48. The van der Waals surface area contributed by atoms with E-state index in [4.69, 9.17) is 4.74 Å². The first kappa shape index (κ1) is 17.4. The fourth-order valence-corrected chi connectivity index (χ4v) is 3.96. The molecule has 0 bridgehead atoms. The van der Waals surface area contributed by atoms with E-state index in [1.165, 1.54) is 31.7 Å². The van der Waals surface area contributed by atoms with Gasteiger partial charge in [0.15, 0.2) is 5.96 Å². The topological polar surface area (TPSA) is 57.2 Å². The number of methoxy groups -OCH3 is 1. The fraction of sp³-hybridized carbons (Fsp3) is 0.867. The third-order valence-electron chi connectivity index (χ3n) is 4.36. The van der Waals surface area contributed by atoms with E-state index in [2.05, 4.69) is 20.1 Å². The van der Waals surface area contributed by atoms with Crippen LogP contribution < -0.4 is 5.32 Å². The first-order valence-electron chi connectivity index (χ1n) is 8.08. The van der Waals surface area contributed by atoms with Crippen LogP contribution in [0.15, 0.2) is 4.99 Å². The zero-order valence-electron chi connectivity index (χ0n) is 13.7. The van der Waals surface area contributed by atoms with E-state index in [1.54, 1.807) is 0 Å². The van der Waals surface area contributed by atoms with Crippen LogP contribution in [0, 0.1) is 5.92 Å². The molecule has 1 N–H and O–H groups in total. The summed E-state index contributed by atoms with van der Waals surface area (Å²) in [6, 6.07) is 0. The molecule has 0 aromatic rings. The summed E-state index contributed by atoms with van der Waals surface area (Å²) >= 11 is 2.04. The van der Waals surface area contributed by atoms with Crippen LogP contribution in [0.3, 0.4) is 0 Å². The molecule has 0 spiro atoms. The predicted molar refractivity (Wildman–Crippen MR) is 91.4 cm³/mol. The van der Waals surface area contributed by atoms with E-state index in [0.717, 1.165) is 45.0 Å². The van der Waals surface area contributed by atoms with Gasteiger partial charge in [0, 0.05) is 57.8 Å². The number of carbonyl (C=O) groups is 1. The summed E-state index contributed by atoms with van der Waals surface area (Å²) in [6.07, 6.45) is 1.69. The number of likely N-dealkylation sites (tertiary alicyclic amines) is 1. The van der Waals surface area contributed by atoms with Crippen LogP contribution in [0.1, 0.15) is 12.8 Å². The van der Waals surface area contributed by atoms with Crippen molar-refractivity contribution in [3.05, 3.63) is 0 Å². The molecule has 22 heavy (non-hydrogen) atoms. The van der Waals surface area contributed by atoms with Crippen molar-refractivity contribution in [1.29, 1.82) is 0 Å². The molecule has 0 aliphatic carbocycles. The number of ether oxygens (including phenoxy) is 1. The van der Waals surface area contributed by atoms with Crippen molar-refractivity contribution in [3.63, 3.8) is 0 Å². The Morgan fingerprint density at radius 1 is 1.27 bits per heavy atom. The van der Waals surface area contributed by atoms with E-state index in [-0.39, 0.29) is 11.9 Å². The number of aliphatic imine (C=N–C) groups is 1. The SMILES string of the molecule is CN=C(NCCN1CCSCC1)N1CCC(C(=O)OC)CC1.